The summed E-state index contributed by atoms with van der Waals surface area (Å²) in [5.41, 5.74) is 0.586. The quantitative estimate of drug-likeness (QED) is 0.401. The largest absolute Gasteiger partial charge is 0.487 e. The number of carboxylic acids is 1. The van der Waals surface area contributed by atoms with E-state index in [1.54, 1.807) is 25.2 Å². The van der Waals surface area contributed by atoms with Gasteiger partial charge in [-0.15, -0.1) is 0 Å². The fourth-order valence-corrected chi connectivity index (χ4v) is 6.55. The number of carboxylic acid groups (broad SMARTS) is 1. The Balaban J connectivity index is 1.59. The molecule has 9 heteroatoms. The van der Waals surface area contributed by atoms with E-state index >= 15 is 0 Å². The maximum absolute atomic E-state index is 13.2. The summed E-state index contributed by atoms with van der Waals surface area (Å²) in [6.07, 6.45) is 7.63. The van der Waals surface area contributed by atoms with Crippen LogP contribution in [0, 0.1) is 11.8 Å². The molecular weight excluding hydrogens is 556 g/mol. The number of hydrogen-bond acceptors (Lipinski definition) is 6. The van der Waals surface area contributed by atoms with Gasteiger partial charge in [-0.3, -0.25) is 4.79 Å². The van der Waals surface area contributed by atoms with Crippen LogP contribution in [0.25, 0.3) is 0 Å². The number of rotatable bonds is 1. The molecule has 1 amide bonds. The van der Waals surface area contributed by atoms with E-state index in [-0.39, 0.29) is 23.4 Å². The van der Waals surface area contributed by atoms with Crippen molar-refractivity contribution in [1.29, 1.82) is 0 Å². The van der Waals surface area contributed by atoms with E-state index in [4.69, 9.17) is 16.3 Å². The Morgan fingerprint density at radius 2 is 1.93 bits per heavy atom. The van der Waals surface area contributed by atoms with Gasteiger partial charge in [-0.1, -0.05) is 35.9 Å². The molecule has 226 valence electrons. The van der Waals surface area contributed by atoms with Crippen molar-refractivity contribution in [3.05, 3.63) is 70.3 Å². The number of aliphatic carboxylic acids is 1. The highest BCUT2D eigenvalue weighted by molar-refractivity contribution is 6.30. The third kappa shape index (κ3) is 6.31. The van der Waals surface area contributed by atoms with Gasteiger partial charge in [-0.25, -0.2) is 4.79 Å². The number of carbonyl (C=O) groups excluding carboxylic acids is 1. The van der Waals surface area contributed by atoms with Gasteiger partial charge in [-0.05, 0) is 98.2 Å². The molecule has 42 heavy (non-hydrogen) atoms. The number of aliphatic hydroxyl groups excluding tert-OH is 1. The second-order valence-corrected chi connectivity index (χ2v) is 12.6. The maximum Gasteiger partial charge on any atom is 0.340 e. The second kappa shape index (κ2) is 12.7. The standard InChI is InChI=1S/C33H41ClN2O6/c1-21-6-5-8-29(37)27-13-10-23(27)19-36-15-4-3-7-22-16-26(34)12-9-24(22)20-42-30-14-11-25(17-28(30)36)33(41,32(39)40)18-31(38)35(21)2/h5,8-9,11-12,14,16-17,21,23,27,29,37,41H,3-4,6-7,10,13,15,18-20H2,1-2H3,(H,39,40)/b8-5+/t21-,23+,27-,29+,33+/m1/s1. The molecule has 0 radical (unpaired) electrons. The molecule has 1 saturated carbocycles. The number of carbonyl (C=O) groups is 2. The van der Waals surface area contributed by atoms with Crippen LogP contribution in [0.2, 0.25) is 5.02 Å². The average molecular weight is 597 g/mol. The molecule has 8 nitrogen and oxygen atoms in total. The number of benzene rings is 2. The molecule has 0 spiro atoms. The fraction of sp³-hybridized carbons (Fsp3) is 0.515. The highest BCUT2D eigenvalue weighted by atomic mass is 35.5. The van der Waals surface area contributed by atoms with E-state index in [9.17, 15) is 24.9 Å². The fourth-order valence-electron chi connectivity index (χ4n) is 6.36. The van der Waals surface area contributed by atoms with Gasteiger partial charge in [0.15, 0.2) is 5.60 Å². The van der Waals surface area contributed by atoms with Gasteiger partial charge in [0.2, 0.25) is 5.91 Å². The molecule has 3 N–H and O–H groups in total. The number of amides is 1. The number of anilines is 1. The van der Waals surface area contributed by atoms with Crippen LogP contribution >= 0.6 is 11.6 Å². The van der Waals surface area contributed by atoms with Crippen LogP contribution in [-0.4, -0.2) is 64.4 Å². The predicted octanol–water partition coefficient (Wildman–Crippen LogP) is 4.92. The Labute approximate surface area is 252 Å². The first-order chi connectivity index (χ1) is 20.1. The third-order valence-electron chi connectivity index (χ3n) is 9.45. The van der Waals surface area contributed by atoms with Crippen LogP contribution < -0.4 is 9.64 Å². The molecule has 0 aromatic heterocycles. The summed E-state index contributed by atoms with van der Waals surface area (Å²) in [5, 5.41) is 33.5. The molecular formula is C33H41ClN2O6. The van der Waals surface area contributed by atoms with Crippen molar-refractivity contribution in [2.45, 2.75) is 76.2 Å². The number of halogens is 1. The molecule has 0 saturated heterocycles. The molecule has 2 aliphatic heterocycles. The van der Waals surface area contributed by atoms with Crippen LogP contribution in [0.1, 0.15) is 62.1 Å². The monoisotopic (exact) mass is 596 g/mol. The third-order valence-corrected chi connectivity index (χ3v) is 9.68. The molecule has 2 bridgehead atoms. The van der Waals surface area contributed by atoms with Gasteiger partial charge in [0.05, 0.1) is 18.2 Å². The van der Waals surface area contributed by atoms with E-state index in [0.717, 1.165) is 43.2 Å². The van der Waals surface area contributed by atoms with E-state index in [1.165, 1.54) is 4.90 Å². The lowest BCUT2D eigenvalue weighted by molar-refractivity contribution is -0.165. The zero-order valence-electron chi connectivity index (χ0n) is 24.3. The number of hydrogen-bond donors (Lipinski definition) is 3. The first kappa shape index (κ1) is 30.4. The highest BCUT2D eigenvalue weighted by Gasteiger charge is 2.43. The van der Waals surface area contributed by atoms with Crippen molar-refractivity contribution in [3.63, 3.8) is 0 Å². The van der Waals surface area contributed by atoms with Gasteiger partial charge in [-0.2, -0.15) is 0 Å². The Morgan fingerprint density at radius 3 is 2.67 bits per heavy atom. The van der Waals surface area contributed by atoms with Crippen molar-refractivity contribution in [2.24, 2.45) is 11.8 Å². The molecule has 2 heterocycles. The summed E-state index contributed by atoms with van der Waals surface area (Å²) < 4.78 is 6.38. The van der Waals surface area contributed by atoms with E-state index in [2.05, 4.69) is 4.90 Å². The summed E-state index contributed by atoms with van der Waals surface area (Å²) in [7, 11) is 1.61. The van der Waals surface area contributed by atoms with Crippen molar-refractivity contribution in [2.75, 3.05) is 25.0 Å². The van der Waals surface area contributed by atoms with Gasteiger partial charge >= 0.3 is 5.97 Å². The van der Waals surface area contributed by atoms with Crippen molar-refractivity contribution in [3.8, 4) is 5.75 Å². The van der Waals surface area contributed by atoms with Crippen LogP contribution in [0.5, 0.6) is 5.75 Å². The SMILES string of the molecule is C[C@@H]1C/C=C/[C@H](O)[C@@H]2CC[C@H]2CN2CCCCc3cc(Cl)ccc3COc3ccc(cc32)[C@](O)(C(=O)O)CC(=O)N1C. The van der Waals surface area contributed by atoms with Gasteiger partial charge in [0.25, 0.3) is 0 Å². The molecule has 0 unspecified atom stereocenters. The van der Waals surface area contributed by atoms with Gasteiger partial charge in [0, 0.05) is 31.2 Å². The topological polar surface area (TPSA) is 111 Å². The van der Waals surface area contributed by atoms with Crippen LogP contribution in [0.3, 0.4) is 0 Å². The molecule has 2 aromatic carbocycles. The first-order valence-electron chi connectivity index (χ1n) is 14.9. The zero-order chi connectivity index (χ0) is 30.0. The molecule has 3 aliphatic rings. The van der Waals surface area contributed by atoms with Crippen LogP contribution in [-0.2, 0) is 28.2 Å². The predicted molar refractivity (Wildman–Crippen MR) is 162 cm³/mol. The minimum Gasteiger partial charge on any atom is -0.487 e. The van der Waals surface area contributed by atoms with Crippen molar-refractivity contribution >= 4 is 29.2 Å². The molecule has 5 rings (SSSR count). The summed E-state index contributed by atoms with van der Waals surface area (Å²) >= 11 is 6.30. The van der Waals surface area contributed by atoms with E-state index in [0.29, 0.717) is 42.6 Å². The van der Waals surface area contributed by atoms with Crippen molar-refractivity contribution < 1.29 is 29.6 Å². The Morgan fingerprint density at radius 1 is 1.12 bits per heavy atom. The molecule has 1 fully saturated rings. The maximum atomic E-state index is 13.2. The number of aliphatic hydroxyl groups is 2. The zero-order valence-corrected chi connectivity index (χ0v) is 25.1. The van der Waals surface area contributed by atoms with Crippen LogP contribution in [0.4, 0.5) is 5.69 Å². The molecule has 2 aromatic rings. The number of nitrogens with zero attached hydrogens (tertiary/aromatic N) is 2. The minimum atomic E-state index is -2.41. The first-order valence-corrected chi connectivity index (χ1v) is 15.3. The normalized spacial score (nSPS) is 29.7. The summed E-state index contributed by atoms with van der Waals surface area (Å²) in [6, 6.07) is 10.5. The molecule has 1 aliphatic carbocycles. The molecule has 5 atom stereocenters. The Hall–Kier alpha value is -3.07. The Kier molecular flexibility index (Phi) is 9.16. The van der Waals surface area contributed by atoms with E-state index < -0.39 is 30.0 Å². The van der Waals surface area contributed by atoms with Crippen molar-refractivity contribution in [1.82, 2.24) is 4.90 Å². The van der Waals surface area contributed by atoms with Crippen LogP contribution in [0.15, 0.2) is 48.6 Å². The highest BCUT2D eigenvalue weighted by Crippen LogP contribution is 2.42. The number of fused-ring (bicyclic) bond motifs is 3. The Bertz CT molecular complexity index is 1350. The minimum absolute atomic E-state index is 0.108. The summed E-state index contributed by atoms with van der Waals surface area (Å²) in [5.74, 6) is -1.03. The lowest BCUT2D eigenvalue weighted by atomic mass is 9.70. The summed E-state index contributed by atoms with van der Waals surface area (Å²) in [6.45, 7) is 3.53. The smallest absolute Gasteiger partial charge is 0.340 e. The lowest BCUT2D eigenvalue weighted by Gasteiger charge is -2.43. The number of ether oxygens (including phenoxy) is 1. The van der Waals surface area contributed by atoms with E-state index in [1.807, 2.05) is 37.3 Å². The van der Waals surface area contributed by atoms with Gasteiger partial charge in [0.1, 0.15) is 12.4 Å². The second-order valence-electron chi connectivity index (χ2n) is 12.1. The van der Waals surface area contributed by atoms with Gasteiger partial charge < -0.3 is 29.9 Å². The number of aryl methyl sites for hydroxylation is 1. The average Bonchev–Trinajstić information content (AvgIpc) is 2.97. The lowest BCUT2D eigenvalue weighted by Crippen LogP contribution is -2.45. The summed E-state index contributed by atoms with van der Waals surface area (Å²) in [4.78, 5) is 29.5.